The molecular weight excluding hydrogens is 701 g/mol. The van der Waals surface area contributed by atoms with Crippen LogP contribution >= 0.6 is 0 Å². The molecule has 0 nitrogen and oxygen atoms in total. The molecule has 2 aliphatic carbocycles. The molecule has 57 heavy (non-hydrogen) atoms. The fourth-order valence-corrected chi connectivity index (χ4v) is 11.1. The number of hydrogen-bond acceptors (Lipinski definition) is 0. The van der Waals surface area contributed by atoms with Gasteiger partial charge in [-0.25, -0.2) is 0 Å². The van der Waals surface area contributed by atoms with Crippen LogP contribution < -0.4 is 0 Å². The van der Waals surface area contributed by atoms with E-state index in [1.807, 2.05) is 0 Å². The molecule has 0 N–H and O–H groups in total. The topological polar surface area (TPSA) is 0 Å². The zero-order chi connectivity index (χ0) is 41.8. The van der Waals surface area contributed by atoms with E-state index in [1.165, 1.54) is 78.8 Å². The van der Waals surface area contributed by atoms with Gasteiger partial charge in [-0.3, -0.25) is 0 Å². The molecule has 6 rings (SSSR count). The highest BCUT2D eigenvalue weighted by molar-refractivity contribution is 6.36. The number of hydrogen-bond donors (Lipinski definition) is 0. The van der Waals surface area contributed by atoms with Crippen LogP contribution in [0.15, 0.2) is 71.8 Å². The largest absolute Gasteiger partial charge is 0.0626 e. The minimum absolute atomic E-state index is 0.0871. The maximum atomic E-state index is 2.61. The highest BCUT2D eigenvalue weighted by atomic mass is 28.2. The summed E-state index contributed by atoms with van der Waals surface area (Å²) >= 11 is 0. The second-order valence-corrected chi connectivity index (χ2v) is 22.7. The van der Waals surface area contributed by atoms with Crippen molar-refractivity contribution < 1.29 is 0 Å². The summed E-state index contributed by atoms with van der Waals surface area (Å²) in [5.74, 6) is 1.01. The maximum absolute atomic E-state index is 2.61. The summed E-state index contributed by atoms with van der Waals surface area (Å²) in [5.41, 5.74) is 24.2. The van der Waals surface area contributed by atoms with Crippen molar-refractivity contribution in [1.82, 2.24) is 0 Å². The quantitative estimate of drug-likeness (QED) is 0.141. The Morgan fingerprint density at radius 2 is 0.737 bits per heavy atom. The summed E-state index contributed by atoms with van der Waals surface area (Å²) in [6.07, 6.45) is 9.53. The van der Waals surface area contributed by atoms with Gasteiger partial charge in [0.2, 0.25) is 0 Å². The van der Waals surface area contributed by atoms with Crippen LogP contribution in [-0.2, 0) is 34.5 Å². The van der Waals surface area contributed by atoms with Crippen LogP contribution in [0.5, 0.6) is 0 Å². The van der Waals surface area contributed by atoms with Gasteiger partial charge in [-0.2, -0.15) is 0 Å². The van der Waals surface area contributed by atoms with Crippen molar-refractivity contribution >= 4 is 21.7 Å². The highest BCUT2D eigenvalue weighted by Crippen LogP contribution is 2.50. The molecule has 0 saturated carbocycles. The van der Waals surface area contributed by atoms with Crippen LogP contribution in [0, 0.1) is 0 Å². The lowest BCUT2D eigenvalue weighted by Gasteiger charge is -2.27. The molecule has 0 spiro atoms. The van der Waals surface area contributed by atoms with E-state index in [-0.39, 0.29) is 21.7 Å². The van der Waals surface area contributed by atoms with Crippen LogP contribution in [0.2, 0.25) is 12.1 Å². The molecule has 1 heteroatoms. The van der Waals surface area contributed by atoms with Gasteiger partial charge in [0.05, 0.1) is 0 Å². The van der Waals surface area contributed by atoms with Crippen molar-refractivity contribution in [3.05, 3.63) is 127 Å². The summed E-state index contributed by atoms with van der Waals surface area (Å²) in [5, 5.41) is 0. The molecule has 302 valence electrons. The molecule has 0 fully saturated rings. The van der Waals surface area contributed by atoms with Crippen molar-refractivity contribution in [2.75, 3.05) is 0 Å². The van der Waals surface area contributed by atoms with E-state index in [9.17, 15) is 0 Å². The van der Waals surface area contributed by atoms with E-state index < -0.39 is 0 Å². The van der Waals surface area contributed by atoms with E-state index >= 15 is 0 Å². The van der Waals surface area contributed by atoms with Gasteiger partial charge < -0.3 is 0 Å². The van der Waals surface area contributed by atoms with Gasteiger partial charge in [0.25, 0.3) is 0 Å². The lowest BCUT2D eigenvalue weighted by molar-refractivity contribution is 0.568. The van der Waals surface area contributed by atoms with E-state index in [0.29, 0.717) is 11.8 Å². The van der Waals surface area contributed by atoms with Gasteiger partial charge in [0.1, 0.15) is 0 Å². The van der Waals surface area contributed by atoms with Gasteiger partial charge in [0, 0.05) is 21.4 Å². The SMILES string of the molecule is CCC1=Cc2c(ccc(CC)c2-c2cc(C(C)(C)C)cc(C(C)(C)C)c2)C1C[Si]CC1C(CC)=Cc2c1ccc(CC)c2-c1cc(C(C)(C)C)cc(C(C)(C)C)c1. The van der Waals surface area contributed by atoms with Crippen LogP contribution in [0.1, 0.15) is 191 Å². The first kappa shape index (κ1) is 43.2. The van der Waals surface area contributed by atoms with Crippen LogP contribution in [0.3, 0.4) is 0 Å². The van der Waals surface area contributed by atoms with Crippen molar-refractivity contribution in [2.24, 2.45) is 0 Å². The monoisotopic (exact) mass is 775 g/mol. The third-order valence-electron chi connectivity index (χ3n) is 13.2. The maximum Gasteiger partial charge on any atom is 0.0397 e. The molecule has 4 aromatic rings. The fraction of sp³-hybridized carbons (Fsp3) is 0.500. The Kier molecular flexibility index (Phi) is 12.1. The molecule has 2 unspecified atom stereocenters. The van der Waals surface area contributed by atoms with Crippen molar-refractivity contribution in [3.63, 3.8) is 0 Å². The van der Waals surface area contributed by atoms with Gasteiger partial charge in [-0.15, -0.1) is 0 Å². The Bertz CT molecular complexity index is 1970. The number of aryl methyl sites for hydroxylation is 2. The molecule has 4 aromatic carbocycles. The lowest BCUT2D eigenvalue weighted by atomic mass is 9.77. The molecule has 0 amide bonds. The van der Waals surface area contributed by atoms with E-state index in [4.69, 9.17) is 0 Å². The molecule has 2 atom stereocenters. The average molecular weight is 775 g/mol. The van der Waals surface area contributed by atoms with Gasteiger partial charge >= 0.3 is 0 Å². The predicted octanol–water partition coefficient (Wildman–Crippen LogP) is 16.4. The van der Waals surface area contributed by atoms with Gasteiger partial charge in [-0.1, -0.05) is 207 Å². The first-order valence-corrected chi connectivity index (χ1v) is 23.8. The highest BCUT2D eigenvalue weighted by Gasteiger charge is 2.32. The molecule has 0 saturated heterocycles. The Labute approximate surface area is 351 Å². The zero-order valence-electron chi connectivity index (χ0n) is 38.8. The summed E-state index contributed by atoms with van der Waals surface area (Å²) in [6.45, 7) is 37.8. The van der Waals surface area contributed by atoms with E-state index in [0.717, 1.165) is 35.2 Å². The molecule has 0 bridgehead atoms. The van der Waals surface area contributed by atoms with Gasteiger partial charge in [-0.05, 0) is 125 Å². The Balaban J connectivity index is 1.36. The first-order chi connectivity index (χ1) is 26.6. The number of fused-ring (bicyclic) bond motifs is 2. The van der Waals surface area contributed by atoms with Crippen LogP contribution in [-0.4, -0.2) is 9.52 Å². The Morgan fingerprint density at radius 1 is 0.421 bits per heavy atom. The minimum atomic E-state index is 0.0871. The van der Waals surface area contributed by atoms with Crippen molar-refractivity contribution in [1.29, 1.82) is 0 Å². The Morgan fingerprint density at radius 3 is 1.00 bits per heavy atom. The summed E-state index contributed by atoms with van der Waals surface area (Å²) in [7, 11) is 0.904. The van der Waals surface area contributed by atoms with Crippen molar-refractivity contribution in [3.8, 4) is 22.3 Å². The molecule has 0 aromatic heterocycles. The molecule has 0 aliphatic heterocycles. The molecule has 2 radical (unpaired) electrons. The predicted molar refractivity (Wildman–Crippen MR) is 255 cm³/mol. The van der Waals surface area contributed by atoms with Gasteiger partial charge in [0.15, 0.2) is 0 Å². The number of rotatable bonds is 10. The zero-order valence-corrected chi connectivity index (χ0v) is 39.8. The lowest BCUT2D eigenvalue weighted by Crippen LogP contribution is -2.16. The van der Waals surface area contributed by atoms with Crippen LogP contribution in [0.4, 0.5) is 0 Å². The fourth-order valence-electron chi connectivity index (χ4n) is 9.35. The smallest absolute Gasteiger partial charge is 0.0397 e. The second-order valence-electron chi connectivity index (χ2n) is 21.4. The summed E-state index contributed by atoms with van der Waals surface area (Å²) in [6, 6.07) is 27.4. The first-order valence-electron chi connectivity index (χ1n) is 22.4. The summed E-state index contributed by atoms with van der Waals surface area (Å²) < 4.78 is 0. The van der Waals surface area contributed by atoms with E-state index in [2.05, 4.69) is 184 Å². The molecular formula is C56H74Si. The standard InChI is InChI=1S/C56H74Si/c1-17-35-21-23-45-47(51(35)39-25-41(53(5,6)7)31-42(26-39)54(8,9)10)29-37(19-3)49(45)33-57-34-50-38(20-4)30-48-46(50)24-22-36(18-2)52(48)40-27-43(55(11,12)13)32-44(28-40)56(14,15)16/h21-32,49-50H,17-20,33-34H2,1-16H3. The third kappa shape index (κ3) is 8.67. The minimum Gasteiger partial charge on any atom is -0.0626 e. The molecule has 0 heterocycles. The normalized spacial score (nSPS) is 17.1. The van der Waals surface area contributed by atoms with Crippen LogP contribution in [0.25, 0.3) is 34.4 Å². The average Bonchev–Trinajstić information content (AvgIpc) is 3.69. The molecule has 2 aliphatic rings. The number of benzene rings is 4. The third-order valence-corrected chi connectivity index (χ3v) is 14.6. The van der Waals surface area contributed by atoms with Crippen molar-refractivity contribution in [2.45, 2.75) is 182 Å². The Hall–Kier alpha value is -3.42. The number of allylic oxidation sites excluding steroid dienone is 2. The van der Waals surface area contributed by atoms with E-state index in [1.54, 1.807) is 22.3 Å². The second kappa shape index (κ2) is 16.0. The summed E-state index contributed by atoms with van der Waals surface area (Å²) in [4.78, 5) is 0.